The molecule has 1 aromatic heterocycles. The number of anilines is 1. The molecule has 2 heterocycles. The Kier molecular flexibility index (Phi) is 5.32. The highest BCUT2D eigenvalue weighted by Crippen LogP contribution is 2.19. The van der Waals surface area contributed by atoms with Gasteiger partial charge in [0.15, 0.2) is 0 Å². The molecule has 1 N–H and O–H groups in total. The summed E-state index contributed by atoms with van der Waals surface area (Å²) < 4.78 is 18.7. The van der Waals surface area contributed by atoms with Crippen molar-refractivity contribution in [1.82, 2.24) is 9.88 Å². The van der Waals surface area contributed by atoms with Crippen molar-refractivity contribution in [2.75, 3.05) is 31.6 Å². The normalized spacial score (nSPS) is 14.9. The first kappa shape index (κ1) is 18.5. The maximum Gasteiger partial charge on any atom is 0.257 e. The number of hydrogen-bond acceptors (Lipinski definition) is 4. The second kappa shape index (κ2) is 8.04. The first-order chi connectivity index (χ1) is 13.6. The van der Waals surface area contributed by atoms with E-state index in [1.54, 1.807) is 19.1 Å². The highest BCUT2D eigenvalue weighted by atomic mass is 19.1. The van der Waals surface area contributed by atoms with Gasteiger partial charge in [0.05, 0.1) is 30.0 Å². The third kappa shape index (κ3) is 4.18. The van der Waals surface area contributed by atoms with Gasteiger partial charge in [0.1, 0.15) is 5.82 Å². The van der Waals surface area contributed by atoms with Crippen molar-refractivity contribution in [2.45, 2.75) is 13.5 Å². The predicted molar refractivity (Wildman–Crippen MR) is 107 cm³/mol. The topological polar surface area (TPSA) is 54.5 Å². The van der Waals surface area contributed by atoms with Crippen molar-refractivity contribution in [1.29, 1.82) is 0 Å². The molecule has 1 aliphatic heterocycles. The van der Waals surface area contributed by atoms with E-state index in [0.29, 0.717) is 16.8 Å². The van der Waals surface area contributed by atoms with Crippen molar-refractivity contribution < 1.29 is 13.9 Å². The third-order valence-electron chi connectivity index (χ3n) is 4.94. The lowest BCUT2D eigenvalue weighted by atomic mass is 10.1. The number of fused-ring (bicyclic) bond motifs is 1. The van der Waals surface area contributed by atoms with Gasteiger partial charge in [-0.2, -0.15) is 0 Å². The van der Waals surface area contributed by atoms with Gasteiger partial charge in [0.25, 0.3) is 5.91 Å². The summed E-state index contributed by atoms with van der Waals surface area (Å²) in [5.74, 6) is -0.564. The van der Waals surface area contributed by atoms with Crippen LogP contribution < -0.4 is 5.32 Å². The van der Waals surface area contributed by atoms with Crippen LogP contribution in [0.3, 0.4) is 0 Å². The van der Waals surface area contributed by atoms with Gasteiger partial charge in [-0.1, -0.05) is 12.1 Å². The minimum Gasteiger partial charge on any atom is -0.379 e. The molecule has 28 heavy (non-hydrogen) atoms. The summed E-state index contributed by atoms with van der Waals surface area (Å²) in [5, 5.41) is 3.65. The fourth-order valence-electron chi connectivity index (χ4n) is 3.38. The predicted octanol–water partition coefficient (Wildman–Crippen LogP) is 3.77. The lowest BCUT2D eigenvalue weighted by Gasteiger charge is -2.26. The summed E-state index contributed by atoms with van der Waals surface area (Å²) in [6.45, 7) is 6.07. The Morgan fingerprint density at radius 2 is 1.89 bits per heavy atom. The molecule has 0 bridgehead atoms. The number of aryl methyl sites for hydroxylation is 1. The molecule has 1 fully saturated rings. The number of benzene rings is 2. The zero-order valence-corrected chi connectivity index (χ0v) is 15.7. The number of carbonyl (C=O) groups is 1. The number of nitrogens with one attached hydrogen (secondary N) is 1. The van der Waals surface area contributed by atoms with E-state index in [2.05, 4.69) is 15.2 Å². The molecule has 3 aromatic rings. The monoisotopic (exact) mass is 379 g/mol. The minimum atomic E-state index is -0.339. The lowest BCUT2D eigenvalue weighted by Crippen LogP contribution is -2.35. The fourth-order valence-corrected chi connectivity index (χ4v) is 3.38. The highest BCUT2D eigenvalue weighted by Gasteiger charge is 2.13. The van der Waals surface area contributed by atoms with E-state index < -0.39 is 0 Å². The average Bonchev–Trinajstić information content (AvgIpc) is 2.69. The van der Waals surface area contributed by atoms with E-state index in [9.17, 15) is 9.18 Å². The molecule has 1 amide bonds. The Labute approximate surface area is 163 Å². The van der Waals surface area contributed by atoms with Crippen molar-refractivity contribution in [3.05, 3.63) is 71.2 Å². The summed E-state index contributed by atoms with van der Waals surface area (Å²) >= 11 is 0. The van der Waals surface area contributed by atoms with Gasteiger partial charge >= 0.3 is 0 Å². The maximum atomic E-state index is 13.4. The molecule has 0 atom stereocenters. The van der Waals surface area contributed by atoms with Crippen LogP contribution in [-0.4, -0.2) is 42.1 Å². The van der Waals surface area contributed by atoms with Gasteiger partial charge in [-0.15, -0.1) is 0 Å². The van der Waals surface area contributed by atoms with Gasteiger partial charge in [0.2, 0.25) is 0 Å². The molecule has 0 spiro atoms. The highest BCUT2D eigenvalue weighted by molar-refractivity contribution is 6.06. The molecular formula is C22H22FN3O2. The van der Waals surface area contributed by atoms with Crippen LogP contribution in [-0.2, 0) is 11.3 Å². The van der Waals surface area contributed by atoms with Gasteiger partial charge in [-0.05, 0) is 42.8 Å². The summed E-state index contributed by atoms with van der Waals surface area (Å²) in [6, 6.07) is 14.0. The van der Waals surface area contributed by atoms with E-state index >= 15 is 0 Å². The van der Waals surface area contributed by atoms with Crippen LogP contribution in [0.2, 0.25) is 0 Å². The molecule has 2 aromatic carbocycles. The van der Waals surface area contributed by atoms with E-state index in [-0.39, 0.29) is 11.7 Å². The van der Waals surface area contributed by atoms with E-state index in [4.69, 9.17) is 4.74 Å². The van der Waals surface area contributed by atoms with Gasteiger partial charge < -0.3 is 10.1 Å². The van der Waals surface area contributed by atoms with Crippen LogP contribution in [0.25, 0.3) is 10.9 Å². The van der Waals surface area contributed by atoms with E-state index in [1.807, 2.05) is 24.3 Å². The standard InChI is InChI=1S/C22H22FN3O2/c1-15-20(12-17-4-5-18(23)13-21(17)24-15)22(27)25-19-6-2-16(3-7-19)14-26-8-10-28-11-9-26/h2-7,12-13H,8-11,14H2,1H3,(H,25,27). The van der Waals surface area contributed by atoms with Crippen LogP contribution >= 0.6 is 0 Å². The molecule has 144 valence electrons. The number of rotatable bonds is 4. The SMILES string of the molecule is Cc1nc2cc(F)ccc2cc1C(=O)Nc1ccc(CN2CCOCC2)cc1. The first-order valence-electron chi connectivity index (χ1n) is 9.36. The average molecular weight is 379 g/mol. The van der Waals surface area contributed by atoms with Crippen molar-refractivity contribution >= 4 is 22.5 Å². The number of ether oxygens (including phenoxy) is 1. The Balaban J connectivity index is 1.46. The quantitative estimate of drug-likeness (QED) is 0.750. The number of nitrogens with zero attached hydrogens (tertiary/aromatic N) is 2. The second-order valence-electron chi connectivity index (χ2n) is 7.00. The van der Waals surface area contributed by atoms with Crippen LogP contribution in [0.4, 0.5) is 10.1 Å². The molecular weight excluding hydrogens is 357 g/mol. The van der Waals surface area contributed by atoms with Crippen molar-refractivity contribution in [3.63, 3.8) is 0 Å². The van der Waals surface area contributed by atoms with Crippen molar-refractivity contribution in [2.24, 2.45) is 0 Å². The van der Waals surface area contributed by atoms with Gasteiger partial charge in [-0.3, -0.25) is 14.7 Å². The largest absolute Gasteiger partial charge is 0.379 e. The Bertz CT molecular complexity index is 999. The number of hydrogen-bond donors (Lipinski definition) is 1. The number of halogens is 1. The molecule has 1 saturated heterocycles. The number of carbonyl (C=O) groups excluding carboxylic acids is 1. The Hall–Kier alpha value is -2.83. The molecule has 0 radical (unpaired) electrons. The molecule has 4 rings (SSSR count). The maximum absolute atomic E-state index is 13.4. The smallest absolute Gasteiger partial charge is 0.257 e. The number of aromatic nitrogens is 1. The van der Waals surface area contributed by atoms with Crippen LogP contribution in [0.5, 0.6) is 0 Å². The lowest BCUT2D eigenvalue weighted by molar-refractivity contribution is 0.0342. The molecule has 0 aliphatic carbocycles. The fraction of sp³-hybridized carbons (Fsp3) is 0.273. The summed E-state index contributed by atoms with van der Waals surface area (Å²) in [6.07, 6.45) is 0. The van der Waals surface area contributed by atoms with E-state index in [0.717, 1.165) is 43.9 Å². The van der Waals surface area contributed by atoms with Gasteiger partial charge in [-0.25, -0.2) is 4.39 Å². The number of pyridine rings is 1. The Morgan fingerprint density at radius 3 is 2.64 bits per heavy atom. The summed E-state index contributed by atoms with van der Waals surface area (Å²) in [5.41, 5.74) is 3.53. The zero-order valence-electron chi connectivity index (χ0n) is 15.7. The van der Waals surface area contributed by atoms with Crippen LogP contribution in [0, 0.1) is 12.7 Å². The minimum absolute atomic E-state index is 0.225. The second-order valence-corrected chi connectivity index (χ2v) is 7.00. The number of morpholine rings is 1. The molecule has 5 nitrogen and oxygen atoms in total. The van der Waals surface area contributed by atoms with Crippen LogP contribution in [0.15, 0.2) is 48.5 Å². The summed E-state index contributed by atoms with van der Waals surface area (Å²) in [7, 11) is 0. The van der Waals surface area contributed by atoms with E-state index in [1.165, 1.54) is 17.7 Å². The third-order valence-corrected chi connectivity index (χ3v) is 4.94. The zero-order chi connectivity index (χ0) is 19.5. The van der Waals surface area contributed by atoms with Crippen LogP contribution in [0.1, 0.15) is 21.6 Å². The number of amides is 1. The molecule has 6 heteroatoms. The molecule has 0 unspecified atom stereocenters. The first-order valence-corrected chi connectivity index (χ1v) is 9.36. The van der Waals surface area contributed by atoms with Crippen molar-refractivity contribution in [3.8, 4) is 0 Å². The Morgan fingerprint density at radius 1 is 1.14 bits per heavy atom. The van der Waals surface area contributed by atoms with Gasteiger partial charge in [0, 0.05) is 36.8 Å². The summed E-state index contributed by atoms with van der Waals surface area (Å²) in [4.78, 5) is 19.4. The molecule has 0 saturated carbocycles. The molecule has 1 aliphatic rings.